The van der Waals surface area contributed by atoms with Gasteiger partial charge in [-0.25, -0.2) is 0 Å². The van der Waals surface area contributed by atoms with Crippen LogP contribution < -0.4 is 11.1 Å². The minimum atomic E-state index is -0.609. The number of allylic oxidation sites excluding steroid dienone is 2. The lowest BCUT2D eigenvalue weighted by Gasteiger charge is -2.09. The number of halogens is 1. The first kappa shape index (κ1) is 14.3. The van der Waals surface area contributed by atoms with E-state index in [1.54, 1.807) is 36.7 Å². The van der Waals surface area contributed by atoms with E-state index in [1.165, 1.54) is 9.13 Å². The van der Waals surface area contributed by atoms with Crippen molar-refractivity contribution in [2.75, 3.05) is 0 Å². The first-order chi connectivity index (χ1) is 9.50. The van der Waals surface area contributed by atoms with Crippen LogP contribution in [0.2, 0.25) is 5.02 Å². The van der Waals surface area contributed by atoms with Gasteiger partial charge in [0.25, 0.3) is 0 Å². The molecule has 0 fully saturated rings. The molecule has 0 saturated carbocycles. The average molecular weight is 291 g/mol. The van der Waals surface area contributed by atoms with Gasteiger partial charge in [-0.2, -0.15) is 0 Å². The summed E-state index contributed by atoms with van der Waals surface area (Å²) < 4.78 is 2.65. The van der Waals surface area contributed by atoms with Gasteiger partial charge in [-0.05, 0) is 26.0 Å². The Morgan fingerprint density at radius 2 is 1.85 bits per heavy atom. The maximum absolute atomic E-state index is 12.1. The van der Waals surface area contributed by atoms with Gasteiger partial charge in [-0.15, -0.1) is 0 Å². The summed E-state index contributed by atoms with van der Waals surface area (Å²) in [5, 5.41) is 0.427. The van der Waals surface area contributed by atoms with E-state index in [0.717, 1.165) is 5.57 Å². The Morgan fingerprint density at radius 1 is 1.15 bits per heavy atom. The number of benzene rings is 1. The highest BCUT2D eigenvalue weighted by molar-refractivity contribution is 6.32. The Kier molecular flexibility index (Phi) is 4.25. The van der Waals surface area contributed by atoms with Crippen LogP contribution in [0.4, 0.5) is 0 Å². The zero-order valence-corrected chi connectivity index (χ0v) is 12.1. The summed E-state index contributed by atoms with van der Waals surface area (Å²) in [4.78, 5) is 24.2. The number of nitrogens with zero attached hydrogens (tertiary/aromatic N) is 2. The second-order valence-corrected chi connectivity index (χ2v) is 5.07. The monoisotopic (exact) mass is 290 g/mol. The number of rotatable bonds is 3. The summed E-state index contributed by atoms with van der Waals surface area (Å²) in [5.74, 6) is 0. The molecule has 0 radical (unpaired) electrons. The fourth-order valence-corrected chi connectivity index (χ4v) is 2.00. The molecule has 0 unspecified atom stereocenters. The molecule has 1 aromatic heterocycles. The maximum atomic E-state index is 12.1. The third-order valence-electron chi connectivity index (χ3n) is 2.87. The van der Waals surface area contributed by atoms with Gasteiger partial charge in [0.2, 0.25) is 0 Å². The van der Waals surface area contributed by atoms with Crippen molar-refractivity contribution in [1.29, 1.82) is 0 Å². The van der Waals surface area contributed by atoms with Gasteiger partial charge in [-0.1, -0.05) is 35.4 Å². The standard InChI is InChI=1S/C15H15ClN2O2/c1-11(2)7-8-17-9-10-18(15(20)14(17)19)13-6-4-3-5-12(13)16/h3-7,9-10H,8H2,1-2H3. The van der Waals surface area contributed by atoms with Crippen molar-refractivity contribution in [3.8, 4) is 5.69 Å². The molecule has 0 aliphatic carbocycles. The molecule has 20 heavy (non-hydrogen) atoms. The van der Waals surface area contributed by atoms with Gasteiger partial charge in [0.1, 0.15) is 0 Å². The van der Waals surface area contributed by atoms with Crippen molar-refractivity contribution in [1.82, 2.24) is 9.13 Å². The third-order valence-corrected chi connectivity index (χ3v) is 3.19. The Hall–Kier alpha value is -2.07. The molecule has 0 amide bonds. The minimum Gasteiger partial charge on any atom is -0.305 e. The molecule has 1 heterocycles. The van der Waals surface area contributed by atoms with Crippen molar-refractivity contribution in [3.05, 3.63) is 74.0 Å². The normalized spacial score (nSPS) is 10.3. The van der Waals surface area contributed by atoms with Gasteiger partial charge >= 0.3 is 11.1 Å². The smallest absolute Gasteiger partial charge is 0.305 e. The first-order valence-electron chi connectivity index (χ1n) is 6.21. The van der Waals surface area contributed by atoms with E-state index in [2.05, 4.69) is 0 Å². The molecule has 0 atom stereocenters. The van der Waals surface area contributed by atoms with Gasteiger partial charge < -0.3 is 4.57 Å². The second kappa shape index (κ2) is 5.92. The predicted octanol–water partition coefficient (Wildman–Crippen LogP) is 2.62. The van der Waals surface area contributed by atoms with E-state index in [1.807, 2.05) is 19.9 Å². The van der Waals surface area contributed by atoms with Crippen LogP contribution in [0, 0.1) is 0 Å². The van der Waals surface area contributed by atoms with Crippen LogP contribution in [0.1, 0.15) is 13.8 Å². The second-order valence-electron chi connectivity index (χ2n) is 4.66. The molecule has 0 saturated heterocycles. The third kappa shape index (κ3) is 2.91. The van der Waals surface area contributed by atoms with E-state index in [4.69, 9.17) is 11.6 Å². The molecule has 0 spiro atoms. The molecular formula is C15H15ClN2O2. The zero-order valence-electron chi connectivity index (χ0n) is 11.3. The van der Waals surface area contributed by atoms with E-state index in [9.17, 15) is 9.59 Å². The number of para-hydroxylation sites is 1. The van der Waals surface area contributed by atoms with E-state index >= 15 is 0 Å². The lowest BCUT2D eigenvalue weighted by molar-refractivity contribution is 0.729. The molecule has 0 aliphatic heterocycles. The van der Waals surface area contributed by atoms with E-state index in [0.29, 0.717) is 17.3 Å². The average Bonchev–Trinajstić information content (AvgIpc) is 2.41. The van der Waals surface area contributed by atoms with Crippen molar-refractivity contribution in [2.24, 2.45) is 0 Å². The van der Waals surface area contributed by atoms with Crippen LogP contribution in [0.5, 0.6) is 0 Å². The molecule has 0 aliphatic rings. The fraction of sp³-hybridized carbons (Fsp3) is 0.200. The van der Waals surface area contributed by atoms with Crippen LogP contribution >= 0.6 is 11.6 Å². The van der Waals surface area contributed by atoms with E-state index < -0.39 is 11.1 Å². The van der Waals surface area contributed by atoms with Gasteiger partial charge in [0.05, 0.1) is 10.7 Å². The van der Waals surface area contributed by atoms with Crippen molar-refractivity contribution in [3.63, 3.8) is 0 Å². The Morgan fingerprint density at radius 3 is 2.50 bits per heavy atom. The Labute approximate surface area is 121 Å². The lowest BCUT2D eigenvalue weighted by Crippen LogP contribution is -2.39. The minimum absolute atomic E-state index is 0.389. The van der Waals surface area contributed by atoms with Crippen LogP contribution in [0.25, 0.3) is 5.69 Å². The quantitative estimate of drug-likeness (QED) is 0.644. The predicted molar refractivity (Wildman–Crippen MR) is 80.7 cm³/mol. The lowest BCUT2D eigenvalue weighted by atomic mass is 10.3. The van der Waals surface area contributed by atoms with Crippen molar-refractivity contribution in [2.45, 2.75) is 20.4 Å². The molecule has 0 bridgehead atoms. The summed E-state index contributed by atoms with van der Waals surface area (Å²) in [6, 6.07) is 6.91. The molecule has 104 valence electrons. The Balaban J connectivity index is 2.53. The fourth-order valence-electron chi connectivity index (χ4n) is 1.77. The van der Waals surface area contributed by atoms with Gasteiger partial charge in [0, 0.05) is 18.9 Å². The molecule has 4 nitrogen and oxygen atoms in total. The summed E-state index contributed by atoms with van der Waals surface area (Å²) in [6.45, 7) is 4.27. The number of hydrogen-bond donors (Lipinski definition) is 0. The summed E-state index contributed by atoms with van der Waals surface area (Å²) >= 11 is 6.05. The number of aromatic nitrogens is 2. The van der Waals surface area contributed by atoms with Crippen molar-refractivity contribution >= 4 is 11.6 Å². The highest BCUT2D eigenvalue weighted by Gasteiger charge is 2.08. The molecule has 2 aromatic rings. The summed E-state index contributed by atoms with van der Waals surface area (Å²) in [6.07, 6.45) is 5.04. The topological polar surface area (TPSA) is 44.0 Å². The van der Waals surface area contributed by atoms with E-state index in [-0.39, 0.29) is 0 Å². The van der Waals surface area contributed by atoms with Crippen LogP contribution in [-0.2, 0) is 6.54 Å². The largest absolute Gasteiger partial charge is 0.321 e. The molecule has 5 heteroatoms. The molecule has 2 rings (SSSR count). The zero-order chi connectivity index (χ0) is 14.7. The SMILES string of the molecule is CC(C)=CCn1ccn(-c2ccccc2Cl)c(=O)c1=O. The molecular weight excluding hydrogens is 276 g/mol. The molecule has 1 aromatic carbocycles. The van der Waals surface area contributed by atoms with Gasteiger partial charge in [-0.3, -0.25) is 14.2 Å². The molecule has 0 N–H and O–H groups in total. The van der Waals surface area contributed by atoms with Crippen LogP contribution in [0.3, 0.4) is 0 Å². The summed E-state index contributed by atoms with van der Waals surface area (Å²) in [7, 11) is 0. The number of hydrogen-bond acceptors (Lipinski definition) is 2. The van der Waals surface area contributed by atoms with Crippen molar-refractivity contribution < 1.29 is 0 Å². The Bertz CT molecular complexity index is 768. The highest BCUT2D eigenvalue weighted by Crippen LogP contribution is 2.17. The summed E-state index contributed by atoms with van der Waals surface area (Å²) in [5.41, 5.74) is 0.422. The first-order valence-corrected chi connectivity index (χ1v) is 6.59. The highest BCUT2D eigenvalue weighted by atomic mass is 35.5. The maximum Gasteiger partial charge on any atom is 0.321 e. The van der Waals surface area contributed by atoms with Crippen LogP contribution in [0.15, 0.2) is 57.9 Å². The van der Waals surface area contributed by atoms with Crippen LogP contribution in [-0.4, -0.2) is 9.13 Å². The van der Waals surface area contributed by atoms with Gasteiger partial charge in [0.15, 0.2) is 0 Å².